The molecule has 184 valence electrons. The second-order valence-corrected chi connectivity index (χ2v) is 9.23. The summed E-state index contributed by atoms with van der Waals surface area (Å²) < 4.78 is 16.8. The van der Waals surface area contributed by atoms with Crippen molar-refractivity contribution < 1.29 is 23.5 Å². The first-order valence-corrected chi connectivity index (χ1v) is 12.2. The second-order valence-electron chi connectivity index (χ2n) is 8.79. The topological polar surface area (TPSA) is 69.0 Å². The van der Waals surface area contributed by atoms with Gasteiger partial charge in [0.2, 0.25) is 5.91 Å². The Balaban J connectivity index is 1.68. The lowest BCUT2D eigenvalue weighted by Crippen LogP contribution is -2.39. The van der Waals surface area contributed by atoms with Gasteiger partial charge in [-0.25, -0.2) is 0 Å². The molecule has 3 aromatic rings. The fraction of sp³-hybridized carbons (Fsp3) is 0.357. The standard InChI is InChI=1S/C28H30ClNO5/c1-5-34-26-18(3)27-23(24(16-35-27)19-6-8-21(29)9-7-19)15-22(26)17(2)14-25(31)30-12-10-20(11-13-30)28(32)33-4/h6-9,14-16,20H,5,10-13H2,1-4H3/b17-14+. The number of halogens is 1. The van der Waals surface area contributed by atoms with Crippen molar-refractivity contribution in [3.8, 4) is 16.9 Å². The number of ether oxygens (including phenoxy) is 2. The number of carbonyl (C=O) groups is 2. The Morgan fingerprint density at radius 1 is 1.20 bits per heavy atom. The van der Waals surface area contributed by atoms with E-state index >= 15 is 0 Å². The lowest BCUT2D eigenvalue weighted by atomic mass is 9.95. The van der Waals surface area contributed by atoms with E-state index < -0.39 is 0 Å². The Bertz CT molecular complexity index is 1270. The number of piperidine rings is 1. The largest absolute Gasteiger partial charge is 0.493 e. The number of esters is 1. The van der Waals surface area contributed by atoms with E-state index in [1.165, 1.54) is 7.11 Å². The third-order valence-corrected chi connectivity index (χ3v) is 6.85. The average Bonchev–Trinajstić information content (AvgIpc) is 3.30. The van der Waals surface area contributed by atoms with Gasteiger partial charge < -0.3 is 18.8 Å². The summed E-state index contributed by atoms with van der Waals surface area (Å²) in [6.07, 6.45) is 4.62. The van der Waals surface area contributed by atoms with E-state index in [4.69, 9.17) is 25.5 Å². The molecule has 1 aromatic heterocycles. The van der Waals surface area contributed by atoms with Crippen molar-refractivity contribution in [2.24, 2.45) is 5.92 Å². The molecular weight excluding hydrogens is 466 g/mol. The maximum absolute atomic E-state index is 13.1. The predicted octanol–water partition coefficient (Wildman–Crippen LogP) is 6.28. The lowest BCUT2D eigenvalue weighted by Gasteiger charge is -2.30. The van der Waals surface area contributed by atoms with Crippen molar-refractivity contribution in [3.05, 3.63) is 58.8 Å². The first-order valence-electron chi connectivity index (χ1n) is 11.8. The van der Waals surface area contributed by atoms with Crippen molar-refractivity contribution >= 4 is 40.0 Å². The van der Waals surface area contributed by atoms with Crippen LogP contribution in [0.5, 0.6) is 5.75 Å². The number of fused-ring (bicyclic) bond motifs is 1. The predicted molar refractivity (Wildman–Crippen MR) is 138 cm³/mol. The number of hydrogen-bond acceptors (Lipinski definition) is 5. The van der Waals surface area contributed by atoms with Gasteiger partial charge in [0.05, 0.1) is 25.9 Å². The van der Waals surface area contributed by atoms with E-state index in [1.807, 2.05) is 51.1 Å². The molecule has 2 aromatic carbocycles. The fourth-order valence-electron chi connectivity index (χ4n) is 4.65. The zero-order valence-corrected chi connectivity index (χ0v) is 21.3. The lowest BCUT2D eigenvalue weighted by molar-refractivity contribution is -0.148. The maximum Gasteiger partial charge on any atom is 0.308 e. The smallest absolute Gasteiger partial charge is 0.308 e. The number of nitrogens with zero attached hydrogens (tertiary/aromatic N) is 1. The van der Waals surface area contributed by atoms with Gasteiger partial charge in [-0.05, 0) is 62.9 Å². The van der Waals surface area contributed by atoms with Crippen molar-refractivity contribution in [1.29, 1.82) is 0 Å². The molecule has 0 aliphatic carbocycles. The van der Waals surface area contributed by atoms with Crippen LogP contribution in [0.2, 0.25) is 5.02 Å². The van der Waals surface area contributed by atoms with Crippen LogP contribution in [0, 0.1) is 12.8 Å². The average molecular weight is 496 g/mol. The molecule has 0 radical (unpaired) electrons. The first-order chi connectivity index (χ1) is 16.8. The van der Waals surface area contributed by atoms with E-state index in [0.29, 0.717) is 43.3 Å². The highest BCUT2D eigenvalue weighted by molar-refractivity contribution is 6.30. The first kappa shape index (κ1) is 24.9. The van der Waals surface area contributed by atoms with Gasteiger partial charge in [0.25, 0.3) is 0 Å². The van der Waals surface area contributed by atoms with E-state index in [1.54, 1.807) is 17.2 Å². The van der Waals surface area contributed by atoms with Crippen LogP contribution in [0.3, 0.4) is 0 Å². The number of aryl methyl sites for hydroxylation is 1. The summed E-state index contributed by atoms with van der Waals surface area (Å²) in [5.41, 5.74) is 5.25. The molecule has 0 spiro atoms. The quantitative estimate of drug-likeness (QED) is 0.297. The number of methoxy groups -OCH3 is 1. The van der Waals surface area contributed by atoms with E-state index in [-0.39, 0.29) is 17.8 Å². The van der Waals surface area contributed by atoms with Crippen LogP contribution in [0.15, 0.2) is 47.1 Å². The number of furan rings is 1. The van der Waals surface area contributed by atoms with Crippen LogP contribution in [-0.4, -0.2) is 43.6 Å². The molecule has 0 atom stereocenters. The minimum Gasteiger partial charge on any atom is -0.493 e. The molecule has 1 aliphatic rings. The summed E-state index contributed by atoms with van der Waals surface area (Å²) in [6, 6.07) is 9.66. The summed E-state index contributed by atoms with van der Waals surface area (Å²) in [6.45, 7) is 7.38. The minimum atomic E-state index is -0.203. The van der Waals surface area contributed by atoms with Crippen molar-refractivity contribution in [2.75, 3.05) is 26.8 Å². The number of amides is 1. The van der Waals surface area contributed by atoms with Crippen LogP contribution in [-0.2, 0) is 14.3 Å². The van der Waals surface area contributed by atoms with Crippen LogP contribution < -0.4 is 4.74 Å². The fourth-order valence-corrected chi connectivity index (χ4v) is 4.77. The number of benzene rings is 2. The molecule has 7 heteroatoms. The van der Waals surface area contributed by atoms with E-state index in [2.05, 4.69) is 0 Å². The Kier molecular flexibility index (Phi) is 7.51. The highest BCUT2D eigenvalue weighted by Gasteiger charge is 2.27. The number of carbonyl (C=O) groups excluding carboxylic acids is 2. The second kappa shape index (κ2) is 10.6. The van der Waals surface area contributed by atoms with Gasteiger partial charge in [0.1, 0.15) is 11.3 Å². The molecule has 1 aliphatic heterocycles. The maximum atomic E-state index is 13.1. The molecule has 6 nitrogen and oxygen atoms in total. The van der Waals surface area contributed by atoms with Gasteiger partial charge in [-0.3, -0.25) is 9.59 Å². The molecule has 0 bridgehead atoms. The molecule has 0 N–H and O–H groups in total. The Hall–Kier alpha value is -3.25. The summed E-state index contributed by atoms with van der Waals surface area (Å²) in [5, 5.41) is 1.62. The van der Waals surface area contributed by atoms with Gasteiger partial charge in [-0.2, -0.15) is 0 Å². The molecule has 1 amide bonds. The summed E-state index contributed by atoms with van der Waals surface area (Å²) in [5.74, 6) is 0.292. The molecule has 0 unspecified atom stereocenters. The third-order valence-electron chi connectivity index (χ3n) is 6.59. The van der Waals surface area contributed by atoms with Crippen LogP contribution in [0.4, 0.5) is 0 Å². The van der Waals surface area contributed by atoms with Crippen LogP contribution in [0.25, 0.3) is 27.7 Å². The zero-order chi connectivity index (χ0) is 25.1. The van der Waals surface area contributed by atoms with Crippen molar-refractivity contribution in [3.63, 3.8) is 0 Å². The summed E-state index contributed by atoms with van der Waals surface area (Å²) >= 11 is 6.08. The summed E-state index contributed by atoms with van der Waals surface area (Å²) in [4.78, 5) is 26.7. The normalized spacial score (nSPS) is 14.9. The van der Waals surface area contributed by atoms with Crippen LogP contribution >= 0.6 is 11.6 Å². The highest BCUT2D eigenvalue weighted by Crippen LogP contribution is 2.41. The van der Waals surface area contributed by atoms with Gasteiger partial charge in [0.15, 0.2) is 0 Å². The molecule has 0 saturated carbocycles. The molecule has 35 heavy (non-hydrogen) atoms. The molecule has 2 heterocycles. The van der Waals surface area contributed by atoms with Crippen molar-refractivity contribution in [2.45, 2.75) is 33.6 Å². The van der Waals surface area contributed by atoms with Gasteiger partial charge in [-0.1, -0.05) is 23.7 Å². The third kappa shape index (κ3) is 5.08. The Morgan fingerprint density at radius 3 is 2.51 bits per heavy atom. The van der Waals surface area contributed by atoms with Gasteiger partial charge in [-0.15, -0.1) is 0 Å². The Morgan fingerprint density at radius 2 is 1.89 bits per heavy atom. The van der Waals surface area contributed by atoms with Gasteiger partial charge >= 0.3 is 5.97 Å². The van der Waals surface area contributed by atoms with Gasteiger partial charge in [0, 0.05) is 46.3 Å². The monoisotopic (exact) mass is 495 g/mol. The van der Waals surface area contributed by atoms with E-state index in [9.17, 15) is 9.59 Å². The summed E-state index contributed by atoms with van der Waals surface area (Å²) in [7, 11) is 1.40. The van der Waals surface area contributed by atoms with Crippen molar-refractivity contribution in [1.82, 2.24) is 4.90 Å². The number of hydrogen-bond donors (Lipinski definition) is 0. The number of rotatable bonds is 6. The zero-order valence-electron chi connectivity index (χ0n) is 20.5. The van der Waals surface area contributed by atoms with Crippen LogP contribution in [0.1, 0.15) is 37.8 Å². The van der Waals surface area contributed by atoms with E-state index in [0.717, 1.165) is 38.8 Å². The molecule has 1 saturated heterocycles. The minimum absolute atomic E-state index is 0.0730. The molecular formula is C28H30ClNO5. The number of likely N-dealkylation sites (tertiary alicyclic amines) is 1. The number of allylic oxidation sites excluding steroid dienone is 1. The molecule has 1 fully saturated rings. The highest BCUT2D eigenvalue weighted by atomic mass is 35.5. The Labute approximate surface area is 210 Å². The molecule has 4 rings (SSSR count). The SMILES string of the molecule is CCOc1c(/C(C)=C/C(=O)N2CCC(C(=O)OC)CC2)cc2c(-c3ccc(Cl)cc3)coc2c1C.